The molecule has 1 unspecified atom stereocenters. The van der Waals surface area contributed by atoms with Gasteiger partial charge in [-0.3, -0.25) is 4.79 Å². The summed E-state index contributed by atoms with van der Waals surface area (Å²) in [6.45, 7) is 8.58. The third kappa shape index (κ3) is 5.68. The fraction of sp³-hybridized carbons (Fsp3) is 0.125. The highest BCUT2D eigenvalue weighted by Gasteiger charge is 2.27. The van der Waals surface area contributed by atoms with Crippen LogP contribution in [0.15, 0.2) is 97.3 Å². The van der Waals surface area contributed by atoms with Crippen LogP contribution in [-0.2, 0) is 16.1 Å². The number of aliphatic hydroxyl groups excluding tert-OH is 1. The van der Waals surface area contributed by atoms with E-state index in [1.54, 1.807) is 0 Å². The Balaban J connectivity index is 2.00. The van der Waals surface area contributed by atoms with E-state index in [0.717, 1.165) is 22.3 Å². The third-order valence-corrected chi connectivity index (χ3v) is 6.21. The lowest BCUT2D eigenvalue weighted by atomic mass is 9.84. The molecule has 0 bridgehead atoms. The van der Waals surface area contributed by atoms with E-state index in [2.05, 4.69) is 10.9 Å². The van der Waals surface area contributed by atoms with Gasteiger partial charge in [0.15, 0.2) is 30.6 Å². The van der Waals surface area contributed by atoms with Crippen molar-refractivity contribution in [1.82, 2.24) is 0 Å². The van der Waals surface area contributed by atoms with Crippen molar-refractivity contribution >= 4 is 17.7 Å². The number of nitriles is 1. The first-order chi connectivity index (χ1) is 18.6. The van der Waals surface area contributed by atoms with Crippen molar-refractivity contribution in [3.8, 4) is 28.3 Å². The predicted molar refractivity (Wildman–Crippen MR) is 146 cm³/mol. The van der Waals surface area contributed by atoms with E-state index < -0.39 is 11.9 Å². The molecule has 0 saturated heterocycles. The monoisotopic (exact) mass is 500 g/mol. The van der Waals surface area contributed by atoms with E-state index in [0.29, 0.717) is 28.9 Å². The van der Waals surface area contributed by atoms with E-state index in [-0.39, 0.29) is 6.61 Å². The Bertz CT molecular complexity index is 1530. The molecule has 6 nitrogen and oxygen atoms in total. The van der Waals surface area contributed by atoms with Crippen LogP contribution in [0.5, 0.6) is 0 Å². The first-order valence-corrected chi connectivity index (χ1v) is 12.0. The number of hydrogen-bond donors (Lipinski definition) is 1. The molecule has 1 atom stereocenters. The van der Waals surface area contributed by atoms with E-state index in [4.69, 9.17) is 11.3 Å². The highest BCUT2D eigenvalue weighted by molar-refractivity contribution is 5.96. The summed E-state index contributed by atoms with van der Waals surface area (Å²) < 4.78 is 6.82. The SMILES string of the molecule is [C-]#[N+]/C(=C\c1cc[n+](CCO)cc1)c1cc(-c2ccccc2)c(C(C#N)C(=O)OC)cc1-c1ccccc1. The van der Waals surface area contributed by atoms with Gasteiger partial charge in [0, 0.05) is 12.1 Å². The molecule has 3 aromatic carbocycles. The molecule has 0 radical (unpaired) electrons. The third-order valence-electron chi connectivity index (χ3n) is 6.21. The van der Waals surface area contributed by atoms with Crippen LogP contribution in [0.3, 0.4) is 0 Å². The Morgan fingerprint density at radius 2 is 1.63 bits per heavy atom. The van der Waals surface area contributed by atoms with Gasteiger partial charge in [-0.15, -0.1) is 0 Å². The summed E-state index contributed by atoms with van der Waals surface area (Å²) in [5.74, 6) is -1.78. The van der Waals surface area contributed by atoms with Gasteiger partial charge in [-0.2, -0.15) is 5.26 Å². The molecule has 0 saturated carbocycles. The number of ether oxygens (including phenoxy) is 1. The van der Waals surface area contributed by atoms with Crippen LogP contribution in [0.1, 0.15) is 22.6 Å². The number of esters is 1. The minimum atomic E-state index is -1.14. The standard InChI is InChI=1S/C32H26N3O3/c1-34-31(19-23-13-15-35(16-14-23)17-18-36)29-21-26(24-9-5-3-6-10-24)28(30(22-33)32(37)38-2)20-27(29)25-11-7-4-8-12-25/h3-16,19-21,30,36H,17-18H2,2H3/q+1/b31-19-. The van der Waals surface area contributed by atoms with Gasteiger partial charge in [-0.25, -0.2) is 9.41 Å². The molecule has 6 heteroatoms. The van der Waals surface area contributed by atoms with Gasteiger partial charge in [-0.1, -0.05) is 66.7 Å². The first-order valence-electron chi connectivity index (χ1n) is 12.0. The van der Waals surface area contributed by atoms with Crippen LogP contribution in [0.2, 0.25) is 0 Å². The van der Waals surface area contributed by atoms with Gasteiger partial charge in [-0.05, 0) is 51.1 Å². The Morgan fingerprint density at radius 1 is 1.03 bits per heavy atom. The van der Waals surface area contributed by atoms with Crippen molar-refractivity contribution in [2.24, 2.45) is 0 Å². The number of aliphatic hydroxyl groups is 1. The number of pyridine rings is 1. The van der Waals surface area contributed by atoms with Crippen molar-refractivity contribution in [3.05, 3.63) is 125 Å². The van der Waals surface area contributed by atoms with Crippen molar-refractivity contribution in [2.75, 3.05) is 13.7 Å². The number of carbonyl (C=O) groups excluding carboxylic acids is 1. The highest BCUT2D eigenvalue weighted by Crippen LogP contribution is 2.40. The maximum Gasteiger partial charge on any atom is 0.327 e. The van der Waals surface area contributed by atoms with Gasteiger partial charge in [0.25, 0.3) is 0 Å². The van der Waals surface area contributed by atoms with Crippen LogP contribution < -0.4 is 4.57 Å². The quantitative estimate of drug-likeness (QED) is 0.197. The second kappa shape index (κ2) is 12.3. The van der Waals surface area contributed by atoms with E-state index in [1.165, 1.54) is 7.11 Å². The first kappa shape index (κ1) is 26.0. The largest absolute Gasteiger partial charge is 0.468 e. The summed E-state index contributed by atoms with van der Waals surface area (Å²) in [4.78, 5) is 16.5. The zero-order chi connectivity index (χ0) is 26.9. The van der Waals surface area contributed by atoms with Gasteiger partial charge < -0.3 is 9.84 Å². The predicted octanol–water partition coefficient (Wildman–Crippen LogP) is 5.50. The zero-order valence-electron chi connectivity index (χ0n) is 20.9. The van der Waals surface area contributed by atoms with Crippen LogP contribution in [0.4, 0.5) is 0 Å². The maximum absolute atomic E-state index is 12.6. The molecule has 1 aromatic heterocycles. The lowest BCUT2D eigenvalue weighted by Crippen LogP contribution is -2.34. The molecule has 38 heavy (non-hydrogen) atoms. The molecular weight excluding hydrogens is 474 g/mol. The number of methoxy groups -OCH3 is 1. The Kier molecular flexibility index (Phi) is 8.41. The second-order valence-corrected chi connectivity index (χ2v) is 8.54. The van der Waals surface area contributed by atoms with Gasteiger partial charge >= 0.3 is 5.97 Å². The molecule has 4 aromatic rings. The molecule has 0 amide bonds. The topological polar surface area (TPSA) is 78.6 Å². The minimum absolute atomic E-state index is 0.0392. The van der Waals surface area contributed by atoms with Crippen LogP contribution in [0.25, 0.3) is 38.9 Å². The molecule has 0 aliphatic carbocycles. The smallest absolute Gasteiger partial charge is 0.327 e. The summed E-state index contributed by atoms with van der Waals surface area (Å²) in [5, 5.41) is 19.2. The van der Waals surface area contributed by atoms with Crippen LogP contribution in [-0.4, -0.2) is 24.8 Å². The summed E-state index contributed by atoms with van der Waals surface area (Å²) in [5.41, 5.74) is 5.54. The van der Waals surface area contributed by atoms with Crippen molar-refractivity contribution in [1.29, 1.82) is 5.26 Å². The van der Waals surface area contributed by atoms with Gasteiger partial charge in [0.2, 0.25) is 0 Å². The molecule has 0 aliphatic rings. The number of aromatic nitrogens is 1. The van der Waals surface area contributed by atoms with E-state index >= 15 is 0 Å². The second-order valence-electron chi connectivity index (χ2n) is 8.54. The number of hydrogen-bond acceptors (Lipinski definition) is 4. The molecule has 0 fully saturated rings. The molecule has 4 rings (SSSR count). The summed E-state index contributed by atoms with van der Waals surface area (Å²) in [6, 6.07) is 28.7. The fourth-order valence-electron chi connectivity index (χ4n) is 4.32. The lowest BCUT2D eigenvalue weighted by Gasteiger charge is -2.19. The molecule has 0 aliphatic heterocycles. The highest BCUT2D eigenvalue weighted by atomic mass is 16.5. The summed E-state index contributed by atoms with van der Waals surface area (Å²) in [6.07, 6.45) is 5.52. The van der Waals surface area contributed by atoms with Gasteiger partial charge in [0.1, 0.15) is 6.61 Å². The zero-order valence-corrected chi connectivity index (χ0v) is 20.9. The molecular formula is C32H26N3O3+. The Morgan fingerprint density at radius 3 is 2.16 bits per heavy atom. The fourth-order valence-corrected chi connectivity index (χ4v) is 4.32. The van der Waals surface area contributed by atoms with Gasteiger partial charge in [0.05, 0.1) is 19.8 Å². The Labute approximate surface area is 222 Å². The lowest BCUT2D eigenvalue weighted by molar-refractivity contribution is -0.698. The van der Waals surface area contributed by atoms with Crippen molar-refractivity contribution in [2.45, 2.75) is 12.5 Å². The normalized spacial score (nSPS) is 11.7. The van der Waals surface area contributed by atoms with Crippen LogP contribution >= 0.6 is 0 Å². The number of rotatable bonds is 8. The van der Waals surface area contributed by atoms with E-state index in [9.17, 15) is 15.2 Å². The number of carbonyl (C=O) groups is 1. The summed E-state index contributed by atoms with van der Waals surface area (Å²) in [7, 11) is 1.27. The Hall–Kier alpha value is -5.04. The van der Waals surface area contributed by atoms with Crippen molar-refractivity contribution in [3.63, 3.8) is 0 Å². The summed E-state index contributed by atoms with van der Waals surface area (Å²) >= 11 is 0. The molecule has 1 heterocycles. The minimum Gasteiger partial charge on any atom is -0.468 e. The molecule has 0 spiro atoms. The van der Waals surface area contributed by atoms with Crippen molar-refractivity contribution < 1.29 is 19.2 Å². The molecule has 1 N–H and O–H groups in total. The van der Waals surface area contributed by atoms with E-state index in [1.807, 2.05) is 108 Å². The molecule has 186 valence electrons. The van der Waals surface area contributed by atoms with Crippen LogP contribution in [0, 0.1) is 17.9 Å². The average molecular weight is 501 g/mol. The maximum atomic E-state index is 12.6. The average Bonchev–Trinajstić information content (AvgIpc) is 2.98. The number of nitrogens with zero attached hydrogens (tertiary/aromatic N) is 3. The number of benzene rings is 3.